The van der Waals surface area contributed by atoms with Crippen LogP contribution in [-0.4, -0.2) is 28.3 Å². The molecule has 0 amide bonds. The average Bonchev–Trinajstić information content (AvgIpc) is 2.64. The number of rotatable bonds is 4. The van der Waals surface area contributed by atoms with Gasteiger partial charge in [-0.1, -0.05) is 0 Å². The zero-order valence-electron chi connectivity index (χ0n) is 6.59. The third-order valence-corrected chi connectivity index (χ3v) is 3.14. The molecule has 0 aromatic carbocycles. The minimum Gasteiger partial charge on any atom is -0.313 e. The molecule has 1 N–H and O–H groups in total. The Bertz CT molecular complexity index is 134. The molecule has 2 nitrogen and oxygen atoms in total. The quantitative estimate of drug-likeness (QED) is 0.651. The van der Waals surface area contributed by atoms with Crippen molar-refractivity contribution in [3.8, 4) is 0 Å². The zero-order valence-corrected chi connectivity index (χ0v) is 7.41. The molecule has 1 fully saturated rings. The van der Waals surface area contributed by atoms with Gasteiger partial charge in [-0.05, 0) is 19.8 Å². The van der Waals surface area contributed by atoms with E-state index in [1.807, 2.05) is 6.92 Å². The van der Waals surface area contributed by atoms with Crippen LogP contribution in [0.15, 0.2) is 0 Å². The molecule has 1 rings (SSSR count). The van der Waals surface area contributed by atoms with Crippen LogP contribution in [0.3, 0.4) is 0 Å². The molecule has 10 heavy (non-hydrogen) atoms. The Morgan fingerprint density at radius 3 is 2.70 bits per heavy atom. The topological polar surface area (TPSA) is 29.1 Å². The first-order valence-electron chi connectivity index (χ1n) is 3.75. The normalized spacial score (nSPS) is 24.2. The average molecular weight is 161 g/mol. The highest BCUT2D eigenvalue weighted by Crippen LogP contribution is 2.18. The SMILES string of the molecule is CC(CNC1CC1)S(C)=O. The zero-order chi connectivity index (χ0) is 7.56. The van der Waals surface area contributed by atoms with Crippen LogP contribution in [0.25, 0.3) is 0 Å². The van der Waals surface area contributed by atoms with Crippen LogP contribution in [0.1, 0.15) is 19.8 Å². The number of hydrogen-bond acceptors (Lipinski definition) is 2. The van der Waals surface area contributed by atoms with Crippen molar-refractivity contribution in [3.63, 3.8) is 0 Å². The van der Waals surface area contributed by atoms with Crippen LogP contribution in [0, 0.1) is 0 Å². The van der Waals surface area contributed by atoms with Gasteiger partial charge < -0.3 is 5.32 Å². The minimum absolute atomic E-state index is 0.306. The Morgan fingerprint density at radius 1 is 1.70 bits per heavy atom. The Hall–Kier alpha value is 0.110. The van der Waals surface area contributed by atoms with Gasteiger partial charge in [0, 0.05) is 34.9 Å². The Labute approximate surface area is 64.8 Å². The first-order valence-corrected chi connectivity index (χ1v) is 5.38. The maximum atomic E-state index is 10.8. The molecular weight excluding hydrogens is 146 g/mol. The molecule has 0 spiro atoms. The number of hydrogen-bond donors (Lipinski definition) is 1. The molecule has 0 radical (unpaired) electrons. The molecule has 2 atom stereocenters. The maximum absolute atomic E-state index is 10.8. The van der Waals surface area contributed by atoms with Crippen LogP contribution in [0.2, 0.25) is 0 Å². The highest BCUT2D eigenvalue weighted by molar-refractivity contribution is 7.84. The van der Waals surface area contributed by atoms with E-state index in [4.69, 9.17) is 0 Å². The van der Waals surface area contributed by atoms with E-state index >= 15 is 0 Å². The van der Waals surface area contributed by atoms with Crippen molar-refractivity contribution in [3.05, 3.63) is 0 Å². The van der Waals surface area contributed by atoms with E-state index in [1.54, 1.807) is 6.26 Å². The van der Waals surface area contributed by atoms with Gasteiger partial charge in [0.1, 0.15) is 0 Å². The van der Waals surface area contributed by atoms with Crippen LogP contribution < -0.4 is 5.32 Å². The van der Waals surface area contributed by atoms with E-state index in [1.165, 1.54) is 12.8 Å². The van der Waals surface area contributed by atoms with Gasteiger partial charge in [0.05, 0.1) is 0 Å². The lowest BCUT2D eigenvalue weighted by Crippen LogP contribution is -2.28. The van der Waals surface area contributed by atoms with Gasteiger partial charge >= 0.3 is 0 Å². The van der Waals surface area contributed by atoms with Crippen molar-refractivity contribution in [1.29, 1.82) is 0 Å². The summed E-state index contributed by atoms with van der Waals surface area (Å²) in [5, 5.41) is 3.65. The van der Waals surface area contributed by atoms with Gasteiger partial charge in [-0.3, -0.25) is 4.21 Å². The molecule has 60 valence electrons. The molecule has 0 aromatic rings. The van der Waals surface area contributed by atoms with Crippen LogP contribution in [-0.2, 0) is 10.8 Å². The molecule has 0 bridgehead atoms. The number of nitrogens with one attached hydrogen (secondary N) is 1. The van der Waals surface area contributed by atoms with Crippen molar-refractivity contribution in [2.75, 3.05) is 12.8 Å². The highest BCUT2D eigenvalue weighted by atomic mass is 32.2. The summed E-state index contributed by atoms with van der Waals surface area (Å²) in [6.45, 7) is 2.93. The van der Waals surface area contributed by atoms with Crippen molar-refractivity contribution < 1.29 is 4.21 Å². The fourth-order valence-corrected chi connectivity index (χ4v) is 1.07. The summed E-state index contributed by atoms with van der Waals surface area (Å²) in [5.74, 6) is 0. The fraction of sp³-hybridized carbons (Fsp3) is 1.00. The lowest BCUT2D eigenvalue weighted by atomic mass is 10.4. The van der Waals surface area contributed by atoms with E-state index in [0.29, 0.717) is 5.25 Å². The minimum atomic E-state index is -0.661. The second-order valence-electron chi connectivity index (χ2n) is 2.99. The second kappa shape index (κ2) is 3.49. The molecule has 3 heteroatoms. The Kier molecular flexibility index (Phi) is 2.86. The van der Waals surface area contributed by atoms with E-state index in [0.717, 1.165) is 12.6 Å². The maximum Gasteiger partial charge on any atom is 0.0441 e. The Morgan fingerprint density at radius 2 is 2.30 bits per heavy atom. The molecule has 0 saturated heterocycles. The predicted octanol–water partition coefficient (Wildman–Crippen LogP) is 0.505. The third-order valence-electron chi connectivity index (χ3n) is 1.84. The standard InChI is InChI=1S/C7H15NOS/c1-6(10(2)9)5-8-7-3-4-7/h6-8H,3-5H2,1-2H3. The summed E-state index contributed by atoms with van der Waals surface area (Å²) in [6.07, 6.45) is 4.38. The summed E-state index contributed by atoms with van der Waals surface area (Å²) in [6, 6.07) is 0.742. The fourth-order valence-electron chi connectivity index (χ4n) is 0.737. The van der Waals surface area contributed by atoms with E-state index in [2.05, 4.69) is 5.32 Å². The lowest BCUT2D eigenvalue weighted by molar-refractivity contribution is 0.645. The van der Waals surface area contributed by atoms with Gasteiger partial charge in [-0.2, -0.15) is 0 Å². The summed E-state index contributed by atoms with van der Waals surface area (Å²) in [7, 11) is -0.661. The van der Waals surface area contributed by atoms with Crippen molar-refractivity contribution in [2.45, 2.75) is 31.1 Å². The molecule has 2 unspecified atom stereocenters. The molecular formula is C7H15NOS. The third kappa shape index (κ3) is 2.80. The van der Waals surface area contributed by atoms with Crippen molar-refractivity contribution in [1.82, 2.24) is 5.32 Å². The molecule has 0 aliphatic heterocycles. The molecule has 1 aliphatic carbocycles. The highest BCUT2D eigenvalue weighted by Gasteiger charge is 2.21. The predicted molar refractivity (Wildman–Crippen MR) is 44.6 cm³/mol. The van der Waals surface area contributed by atoms with E-state index < -0.39 is 10.8 Å². The summed E-state index contributed by atoms with van der Waals surface area (Å²) < 4.78 is 10.8. The van der Waals surface area contributed by atoms with Crippen LogP contribution >= 0.6 is 0 Å². The molecule has 0 aromatic heterocycles. The van der Waals surface area contributed by atoms with Crippen LogP contribution in [0.5, 0.6) is 0 Å². The second-order valence-corrected chi connectivity index (χ2v) is 4.79. The summed E-state index contributed by atoms with van der Waals surface area (Å²) in [4.78, 5) is 0. The Balaban J connectivity index is 2.05. The van der Waals surface area contributed by atoms with Crippen molar-refractivity contribution >= 4 is 10.8 Å². The lowest BCUT2D eigenvalue weighted by Gasteiger charge is -2.07. The monoisotopic (exact) mass is 161 g/mol. The van der Waals surface area contributed by atoms with Gasteiger partial charge in [0.15, 0.2) is 0 Å². The van der Waals surface area contributed by atoms with Gasteiger partial charge in [-0.25, -0.2) is 0 Å². The first-order chi connectivity index (χ1) is 4.70. The van der Waals surface area contributed by atoms with Gasteiger partial charge in [-0.15, -0.1) is 0 Å². The van der Waals surface area contributed by atoms with Crippen molar-refractivity contribution in [2.24, 2.45) is 0 Å². The van der Waals surface area contributed by atoms with Crippen LogP contribution in [0.4, 0.5) is 0 Å². The molecule has 1 saturated carbocycles. The van der Waals surface area contributed by atoms with E-state index in [-0.39, 0.29) is 0 Å². The van der Waals surface area contributed by atoms with E-state index in [9.17, 15) is 4.21 Å². The first kappa shape index (κ1) is 8.21. The van der Waals surface area contributed by atoms with Gasteiger partial charge in [0.25, 0.3) is 0 Å². The molecule has 1 aliphatic rings. The summed E-state index contributed by atoms with van der Waals surface area (Å²) >= 11 is 0. The molecule has 0 heterocycles. The smallest absolute Gasteiger partial charge is 0.0441 e. The largest absolute Gasteiger partial charge is 0.313 e. The van der Waals surface area contributed by atoms with Gasteiger partial charge in [0.2, 0.25) is 0 Å². The summed E-state index contributed by atoms with van der Waals surface area (Å²) in [5.41, 5.74) is 0.